The molecule has 3 rings (SSSR count). The van der Waals surface area contributed by atoms with Gasteiger partial charge in [-0.15, -0.1) is 0 Å². The molecule has 28 heavy (non-hydrogen) atoms. The first-order valence-corrected chi connectivity index (χ1v) is 11.6. The van der Waals surface area contributed by atoms with Crippen molar-refractivity contribution in [1.82, 2.24) is 13.9 Å². The number of carbonyl (C=O) groups is 1. The molecule has 2 fully saturated rings. The Morgan fingerprint density at radius 3 is 2.54 bits per heavy atom. The lowest BCUT2D eigenvalue weighted by atomic mass is 9.99. The Labute approximate surface area is 168 Å². The largest absolute Gasteiger partial charge is 0.497 e. The molecule has 1 amide bonds. The second-order valence-electron chi connectivity index (χ2n) is 7.59. The molecule has 2 aliphatic heterocycles. The van der Waals surface area contributed by atoms with Gasteiger partial charge in [-0.2, -0.15) is 17.0 Å². The van der Waals surface area contributed by atoms with Crippen LogP contribution in [-0.4, -0.2) is 56.2 Å². The third-order valence-electron chi connectivity index (χ3n) is 5.57. The van der Waals surface area contributed by atoms with Crippen molar-refractivity contribution in [3.63, 3.8) is 0 Å². The first-order valence-electron chi connectivity index (χ1n) is 10.2. The Morgan fingerprint density at radius 2 is 1.82 bits per heavy atom. The molecule has 0 saturated carbocycles. The number of piperidine rings is 1. The van der Waals surface area contributed by atoms with Crippen LogP contribution in [0.15, 0.2) is 24.3 Å². The van der Waals surface area contributed by atoms with E-state index in [4.69, 9.17) is 4.74 Å². The molecule has 0 unspecified atom stereocenters. The highest BCUT2D eigenvalue weighted by Gasteiger charge is 2.35. The molecule has 2 saturated heterocycles. The molecule has 1 atom stereocenters. The van der Waals surface area contributed by atoms with Gasteiger partial charge in [-0.05, 0) is 43.4 Å². The van der Waals surface area contributed by atoms with Gasteiger partial charge in [-0.1, -0.05) is 25.0 Å². The molecule has 0 radical (unpaired) electrons. The molecule has 0 aliphatic carbocycles. The molecule has 0 aromatic heterocycles. The third-order valence-corrected chi connectivity index (χ3v) is 7.58. The molecule has 2 heterocycles. The summed E-state index contributed by atoms with van der Waals surface area (Å²) in [7, 11) is -1.87. The minimum absolute atomic E-state index is 0.0846. The number of rotatable bonds is 6. The number of amides is 1. The Kier molecular flexibility index (Phi) is 7.31. The fourth-order valence-corrected chi connectivity index (χ4v) is 5.69. The average Bonchev–Trinajstić information content (AvgIpc) is 3.02. The Balaban J connectivity index is 1.58. The van der Waals surface area contributed by atoms with Crippen molar-refractivity contribution >= 4 is 16.1 Å². The molecule has 7 nitrogen and oxygen atoms in total. The maximum atomic E-state index is 13.0. The average molecular weight is 410 g/mol. The van der Waals surface area contributed by atoms with Crippen LogP contribution in [0.3, 0.4) is 0 Å². The summed E-state index contributed by atoms with van der Waals surface area (Å²) in [5.41, 5.74) is 0.956. The summed E-state index contributed by atoms with van der Waals surface area (Å²) in [5.74, 6) is 0.360. The summed E-state index contributed by atoms with van der Waals surface area (Å²) in [6, 6.07) is 7.56. The monoisotopic (exact) mass is 409 g/mol. The van der Waals surface area contributed by atoms with Crippen LogP contribution in [0.2, 0.25) is 0 Å². The summed E-state index contributed by atoms with van der Waals surface area (Å²) in [6.45, 7) is 2.35. The number of nitrogens with zero attached hydrogens (tertiary/aromatic N) is 2. The lowest BCUT2D eigenvalue weighted by Crippen LogP contribution is -2.50. The van der Waals surface area contributed by atoms with Crippen LogP contribution in [0.1, 0.15) is 44.1 Å². The van der Waals surface area contributed by atoms with Crippen LogP contribution in [0, 0.1) is 5.92 Å². The lowest BCUT2D eigenvalue weighted by Gasteiger charge is -2.34. The van der Waals surface area contributed by atoms with E-state index in [0.717, 1.165) is 43.4 Å². The van der Waals surface area contributed by atoms with Gasteiger partial charge in [0.1, 0.15) is 5.75 Å². The minimum atomic E-state index is -3.48. The topological polar surface area (TPSA) is 79.0 Å². The van der Waals surface area contributed by atoms with Gasteiger partial charge in [0, 0.05) is 32.7 Å². The summed E-state index contributed by atoms with van der Waals surface area (Å²) >= 11 is 0. The zero-order chi connectivity index (χ0) is 20.0. The summed E-state index contributed by atoms with van der Waals surface area (Å²) < 4.78 is 34.4. The van der Waals surface area contributed by atoms with E-state index in [9.17, 15) is 13.2 Å². The number of methoxy groups -OCH3 is 1. The van der Waals surface area contributed by atoms with Crippen LogP contribution in [0.5, 0.6) is 5.75 Å². The van der Waals surface area contributed by atoms with E-state index in [1.807, 2.05) is 24.3 Å². The predicted molar refractivity (Wildman–Crippen MR) is 108 cm³/mol. The SMILES string of the molecule is COc1cccc(CNC(=O)[C@H]2CCCN(S(=O)(=O)N3CCCCCC3)C2)c1. The molecular weight excluding hydrogens is 378 g/mol. The van der Waals surface area contributed by atoms with E-state index >= 15 is 0 Å². The highest BCUT2D eigenvalue weighted by atomic mass is 32.2. The fourth-order valence-electron chi connectivity index (χ4n) is 3.92. The highest BCUT2D eigenvalue weighted by Crippen LogP contribution is 2.23. The van der Waals surface area contributed by atoms with E-state index in [1.165, 1.54) is 4.31 Å². The van der Waals surface area contributed by atoms with Crippen molar-refractivity contribution in [3.05, 3.63) is 29.8 Å². The molecule has 8 heteroatoms. The van der Waals surface area contributed by atoms with Gasteiger partial charge in [0.05, 0.1) is 13.0 Å². The predicted octanol–water partition coefficient (Wildman–Crippen LogP) is 2.14. The Hall–Kier alpha value is -1.64. The summed E-state index contributed by atoms with van der Waals surface area (Å²) in [5, 5.41) is 2.95. The maximum Gasteiger partial charge on any atom is 0.281 e. The van der Waals surface area contributed by atoms with Crippen molar-refractivity contribution in [2.75, 3.05) is 33.3 Å². The zero-order valence-corrected chi connectivity index (χ0v) is 17.4. The van der Waals surface area contributed by atoms with Crippen molar-refractivity contribution in [2.24, 2.45) is 5.92 Å². The maximum absolute atomic E-state index is 13.0. The molecule has 1 aromatic carbocycles. The number of nitrogens with one attached hydrogen (secondary N) is 1. The van der Waals surface area contributed by atoms with Gasteiger partial charge >= 0.3 is 0 Å². The summed E-state index contributed by atoms with van der Waals surface area (Å²) in [4.78, 5) is 12.7. The lowest BCUT2D eigenvalue weighted by molar-refractivity contribution is -0.126. The number of carbonyl (C=O) groups excluding carboxylic acids is 1. The molecule has 156 valence electrons. The number of ether oxygens (including phenoxy) is 1. The van der Waals surface area contributed by atoms with E-state index < -0.39 is 10.2 Å². The van der Waals surface area contributed by atoms with E-state index in [1.54, 1.807) is 11.4 Å². The van der Waals surface area contributed by atoms with Crippen LogP contribution < -0.4 is 10.1 Å². The van der Waals surface area contributed by atoms with E-state index in [-0.39, 0.29) is 18.4 Å². The van der Waals surface area contributed by atoms with Crippen LogP contribution >= 0.6 is 0 Å². The smallest absolute Gasteiger partial charge is 0.281 e. The van der Waals surface area contributed by atoms with Gasteiger partial charge < -0.3 is 10.1 Å². The van der Waals surface area contributed by atoms with Gasteiger partial charge in [0.2, 0.25) is 5.91 Å². The standard InChI is InChI=1S/C20H31N3O4S/c1-27-19-10-6-8-17(14-19)15-21-20(24)18-9-7-13-23(16-18)28(25,26)22-11-4-2-3-5-12-22/h6,8,10,14,18H,2-5,7,9,11-13,15-16H2,1H3,(H,21,24)/t18-/m0/s1. The number of hydrogen-bond acceptors (Lipinski definition) is 4. The van der Waals surface area contributed by atoms with Crippen LogP contribution in [0.4, 0.5) is 0 Å². The molecular formula is C20H31N3O4S. The second kappa shape index (κ2) is 9.71. The second-order valence-corrected chi connectivity index (χ2v) is 9.52. The molecule has 1 N–H and O–H groups in total. The Morgan fingerprint density at radius 1 is 1.11 bits per heavy atom. The fraction of sp³-hybridized carbons (Fsp3) is 0.650. The first-order chi connectivity index (χ1) is 13.5. The van der Waals surface area contributed by atoms with Crippen molar-refractivity contribution < 1.29 is 17.9 Å². The molecule has 0 spiro atoms. The van der Waals surface area contributed by atoms with Gasteiger partial charge in [-0.3, -0.25) is 4.79 Å². The van der Waals surface area contributed by atoms with Crippen molar-refractivity contribution in [1.29, 1.82) is 0 Å². The highest BCUT2D eigenvalue weighted by molar-refractivity contribution is 7.86. The van der Waals surface area contributed by atoms with Crippen LogP contribution in [-0.2, 0) is 21.5 Å². The quantitative estimate of drug-likeness (QED) is 0.781. The van der Waals surface area contributed by atoms with Crippen LogP contribution in [0.25, 0.3) is 0 Å². The van der Waals surface area contributed by atoms with E-state index in [2.05, 4.69) is 5.32 Å². The van der Waals surface area contributed by atoms with Gasteiger partial charge in [0.15, 0.2) is 0 Å². The zero-order valence-electron chi connectivity index (χ0n) is 16.6. The Bertz CT molecular complexity index is 760. The normalized spacial score (nSPS) is 22.4. The molecule has 2 aliphatic rings. The molecule has 1 aromatic rings. The van der Waals surface area contributed by atoms with E-state index in [0.29, 0.717) is 32.6 Å². The van der Waals surface area contributed by atoms with Crippen molar-refractivity contribution in [3.8, 4) is 5.75 Å². The first kappa shape index (κ1) is 21.1. The summed E-state index contributed by atoms with van der Waals surface area (Å²) in [6.07, 6.45) is 5.43. The number of hydrogen-bond donors (Lipinski definition) is 1. The van der Waals surface area contributed by atoms with Gasteiger partial charge in [0.25, 0.3) is 10.2 Å². The third kappa shape index (κ3) is 5.24. The van der Waals surface area contributed by atoms with Crippen molar-refractivity contribution in [2.45, 2.75) is 45.1 Å². The number of benzene rings is 1. The minimum Gasteiger partial charge on any atom is -0.497 e. The molecule has 0 bridgehead atoms. The van der Waals surface area contributed by atoms with Gasteiger partial charge in [-0.25, -0.2) is 0 Å².